The number of hydrogen-bond acceptors (Lipinski definition) is 5. The summed E-state index contributed by atoms with van der Waals surface area (Å²) in [5.41, 5.74) is 0.398. The Morgan fingerprint density at radius 1 is 1.19 bits per heavy atom. The fraction of sp³-hybridized carbons (Fsp3) is 0. The molecule has 0 aliphatic rings. The Kier molecular flexibility index (Phi) is 3.34. The zero-order valence-electron chi connectivity index (χ0n) is 7.96. The summed E-state index contributed by atoms with van der Waals surface area (Å²) in [6.07, 6.45) is 4.81. The standard InChI is InChI=1S/C10H5ClN4S/c11-8-7(6-12)2-5-13-9(8)16-10-14-3-1-4-15-10/h1-5H. The summed E-state index contributed by atoms with van der Waals surface area (Å²) in [6.45, 7) is 0. The Bertz CT molecular complexity index is 538. The average Bonchev–Trinajstić information content (AvgIpc) is 2.33. The number of hydrogen-bond donors (Lipinski definition) is 0. The monoisotopic (exact) mass is 248 g/mol. The number of nitrogens with zero attached hydrogens (tertiary/aromatic N) is 4. The summed E-state index contributed by atoms with van der Waals surface area (Å²) in [7, 11) is 0. The first-order valence-electron chi connectivity index (χ1n) is 4.30. The first kappa shape index (κ1) is 10.9. The van der Waals surface area contributed by atoms with Crippen LogP contribution in [0.25, 0.3) is 0 Å². The Morgan fingerprint density at radius 2 is 1.94 bits per heavy atom. The topological polar surface area (TPSA) is 62.5 Å². The highest BCUT2D eigenvalue weighted by Crippen LogP contribution is 2.30. The van der Waals surface area contributed by atoms with E-state index in [0.717, 1.165) is 0 Å². The summed E-state index contributed by atoms with van der Waals surface area (Å²) in [5, 5.41) is 10.2. The van der Waals surface area contributed by atoms with Crippen LogP contribution in [0.15, 0.2) is 40.9 Å². The summed E-state index contributed by atoms with van der Waals surface area (Å²) in [4.78, 5) is 12.2. The van der Waals surface area contributed by atoms with Crippen LogP contribution in [0, 0.1) is 11.3 Å². The van der Waals surface area contributed by atoms with E-state index in [-0.39, 0.29) is 0 Å². The van der Waals surface area contributed by atoms with Crippen molar-refractivity contribution in [2.75, 3.05) is 0 Å². The molecule has 0 spiro atoms. The number of pyridine rings is 1. The van der Waals surface area contributed by atoms with Crippen molar-refractivity contribution < 1.29 is 0 Å². The van der Waals surface area contributed by atoms with Gasteiger partial charge in [0.05, 0.1) is 10.6 Å². The van der Waals surface area contributed by atoms with Crippen LogP contribution in [-0.4, -0.2) is 15.0 Å². The average molecular weight is 249 g/mol. The van der Waals surface area contributed by atoms with Gasteiger partial charge < -0.3 is 0 Å². The molecule has 2 aromatic heterocycles. The van der Waals surface area contributed by atoms with E-state index < -0.39 is 0 Å². The van der Waals surface area contributed by atoms with Crippen LogP contribution in [0.1, 0.15) is 5.56 Å². The quantitative estimate of drug-likeness (QED) is 0.765. The van der Waals surface area contributed by atoms with Gasteiger partial charge in [0.15, 0.2) is 5.16 Å². The molecule has 0 saturated carbocycles. The molecule has 0 radical (unpaired) electrons. The van der Waals surface area contributed by atoms with Gasteiger partial charge in [0.25, 0.3) is 0 Å². The van der Waals surface area contributed by atoms with E-state index in [1.54, 1.807) is 24.5 Å². The maximum atomic E-state index is 8.81. The van der Waals surface area contributed by atoms with Crippen molar-refractivity contribution in [2.45, 2.75) is 10.2 Å². The molecule has 0 unspecified atom stereocenters. The predicted molar refractivity (Wildman–Crippen MR) is 60.1 cm³/mol. The molecule has 2 aromatic rings. The van der Waals surface area contributed by atoms with E-state index in [2.05, 4.69) is 15.0 Å². The van der Waals surface area contributed by atoms with Gasteiger partial charge in [-0.3, -0.25) is 0 Å². The van der Waals surface area contributed by atoms with E-state index in [1.165, 1.54) is 18.0 Å². The molecule has 0 amide bonds. The van der Waals surface area contributed by atoms with Crippen LogP contribution in [-0.2, 0) is 0 Å². The lowest BCUT2D eigenvalue weighted by molar-refractivity contribution is 0.960. The van der Waals surface area contributed by atoms with Gasteiger partial charge in [0.2, 0.25) is 0 Å². The van der Waals surface area contributed by atoms with Crippen LogP contribution in [0.5, 0.6) is 0 Å². The lowest BCUT2D eigenvalue weighted by Crippen LogP contribution is -1.88. The Labute approximate surface area is 101 Å². The van der Waals surface area contributed by atoms with Crippen molar-refractivity contribution in [3.05, 3.63) is 41.3 Å². The Hall–Kier alpha value is -1.64. The first-order valence-corrected chi connectivity index (χ1v) is 5.50. The molecule has 78 valence electrons. The number of nitriles is 1. The highest BCUT2D eigenvalue weighted by atomic mass is 35.5. The van der Waals surface area contributed by atoms with Crippen molar-refractivity contribution in [1.82, 2.24) is 15.0 Å². The third kappa shape index (κ3) is 2.30. The van der Waals surface area contributed by atoms with Crippen LogP contribution >= 0.6 is 23.4 Å². The van der Waals surface area contributed by atoms with Gasteiger partial charge in [-0.1, -0.05) is 11.6 Å². The molecule has 0 fully saturated rings. The molecule has 4 nitrogen and oxygen atoms in total. The normalized spacial score (nSPS) is 9.75. The molecule has 0 N–H and O–H groups in total. The zero-order chi connectivity index (χ0) is 11.4. The molecule has 0 aromatic carbocycles. The molecule has 0 atom stereocenters. The van der Waals surface area contributed by atoms with Gasteiger partial charge in [-0.2, -0.15) is 5.26 Å². The van der Waals surface area contributed by atoms with E-state index in [9.17, 15) is 0 Å². The van der Waals surface area contributed by atoms with Crippen LogP contribution < -0.4 is 0 Å². The highest BCUT2D eigenvalue weighted by Gasteiger charge is 2.09. The van der Waals surface area contributed by atoms with Crippen LogP contribution in [0.3, 0.4) is 0 Å². The third-order valence-corrected chi connectivity index (χ3v) is 3.10. The maximum absolute atomic E-state index is 8.81. The van der Waals surface area contributed by atoms with Crippen molar-refractivity contribution in [2.24, 2.45) is 0 Å². The molecule has 0 saturated heterocycles. The SMILES string of the molecule is N#Cc1ccnc(Sc2ncccn2)c1Cl. The van der Waals surface area contributed by atoms with Gasteiger partial charge in [-0.25, -0.2) is 15.0 Å². The smallest absolute Gasteiger partial charge is 0.193 e. The second-order valence-corrected chi connectivity index (χ2v) is 4.06. The summed E-state index contributed by atoms with van der Waals surface area (Å²) < 4.78 is 0. The van der Waals surface area contributed by atoms with Gasteiger partial charge in [-0.05, 0) is 23.9 Å². The third-order valence-electron chi connectivity index (χ3n) is 1.71. The highest BCUT2D eigenvalue weighted by molar-refractivity contribution is 7.99. The number of rotatable bonds is 2. The largest absolute Gasteiger partial charge is 0.248 e. The van der Waals surface area contributed by atoms with Gasteiger partial charge in [-0.15, -0.1) is 0 Å². The van der Waals surface area contributed by atoms with E-state index >= 15 is 0 Å². The maximum Gasteiger partial charge on any atom is 0.193 e. The fourth-order valence-corrected chi connectivity index (χ4v) is 1.99. The van der Waals surface area contributed by atoms with Crippen molar-refractivity contribution >= 4 is 23.4 Å². The minimum Gasteiger partial charge on any atom is -0.248 e. The van der Waals surface area contributed by atoms with Gasteiger partial charge in [0.1, 0.15) is 11.1 Å². The van der Waals surface area contributed by atoms with Crippen LogP contribution in [0.4, 0.5) is 0 Å². The summed E-state index contributed by atoms with van der Waals surface area (Å²) in [6, 6.07) is 5.29. The van der Waals surface area contributed by atoms with Gasteiger partial charge >= 0.3 is 0 Å². The minimum atomic E-state index is 0.336. The van der Waals surface area contributed by atoms with E-state index in [1.807, 2.05) is 6.07 Å². The Balaban J connectivity index is 2.33. The zero-order valence-corrected chi connectivity index (χ0v) is 9.53. The van der Waals surface area contributed by atoms with E-state index in [0.29, 0.717) is 20.8 Å². The van der Waals surface area contributed by atoms with Crippen molar-refractivity contribution in [1.29, 1.82) is 5.26 Å². The molecule has 2 heterocycles. The first-order chi connectivity index (χ1) is 7.81. The minimum absolute atomic E-state index is 0.336. The fourth-order valence-electron chi connectivity index (χ4n) is 1.01. The Morgan fingerprint density at radius 3 is 2.62 bits per heavy atom. The molecule has 2 rings (SSSR count). The van der Waals surface area contributed by atoms with Gasteiger partial charge in [0, 0.05) is 18.6 Å². The summed E-state index contributed by atoms with van der Waals surface area (Å²) in [5.74, 6) is 0. The van der Waals surface area contributed by atoms with E-state index in [4.69, 9.17) is 16.9 Å². The molecule has 0 aliphatic heterocycles. The summed E-state index contributed by atoms with van der Waals surface area (Å²) >= 11 is 7.22. The molecule has 6 heteroatoms. The second kappa shape index (κ2) is 4.92. The lowest BCUT2D eigenvalue weighted by atomic mass is 10.3. The van der Waals surface area contributed by atoms with Crippen molar-refractivity contribution in [3.63, 3.8) is 0 Å². The second-order valence-electron chi connectivity index (χ2n) is 2.72. The lowest BCUT2D eigenvalue weighted by Gasteiger charge is -2.01. The molecule has 0 bridgehead atoms. The molecular formula is C10H5ClN4S. The number of aromatic nitrogens is 3. The van der Waals surface area contributed by atoms with Crippen molar-refractivity contribution in [3.8, 4) is 6.07 Å². The molecular weight excluding hydrogens is 244 g/mol. The van der Waals surface area contributed by atoms with Crippen LogP contribution in [0.2, 0.25) is 5.02 Å². The predicted octanol–water partition coefficient (Wildman–Crippen LogP) is 2.55. The molecule has 0 aliphatic carbocycles. The molecule has 16 heavy (non-hydrogen) atoms. The number of halogens is 1.